The summed E-state index contributed by atoms with van der Waals surface area (Å²) < 4.78 is 33.9. The molecule has 5 aromatic rings. The van der Waals surface area contributed by atoms with Gasteiger partial charge in [-0.1, -0.05) is 29.5 Å². The maximum Gasteiger partial charge on any atom is 0.229 e. The van der Waals surface area contributed by atoms with Gasteiger partial charge in [0.15, 0.2) is 11.5 Å². The van der Waals surface area contributed by atoms with Gasteiger partial charge in [-0.25, -0.2) is 13.4 Å². The number of benzene rings is 2. The molecule has 150 valence electrons. The highest BCUT2D eigenvalue weighted by Crippen LogP contribution is 2.33. The Labute approximate surface area is 175 Å². The van der Waals surface area contributed by atoms with Crippen LogP contribution in [0.2, 0.25) is 0 Å². The Bertz CT molecular complexity index is 1480. The van der Waals surface area contributed by atoms with E-state index in [2.05, 4.69) is 20.6 Å². The predicted octanol–water partition coefficient (Wildman–Crippen LogP) is 3.92. The lowest BCUT2D eigenvalue weighted by Crippen LogP contribution is -2.05. The van der Waals surface area contributed by atoms with Gasteiger partial charge in [-0.15, -0.1) is 16.4 Å². The Morgan fingerprint density at radius 3 is 2.70 bits per heavy atom. The number of sulfone groups is 1. The van der Waals surface area contributed by atoms with Crippen molar-refractivity contribution in [2.45, 2.75) is 9.92 Å². The first-order valence-corrected chi connectivity index (χ1v) is 11.3. The summed E-state index contributed by atoms with van der Waals surface area (Å²) in [5.41, 5.74) is 1.65. The molecular formula is C20H15N5O3S2. The second-order valence-corrected chi connectivity index (χ2v) is 9.18. The average Bonchev–Trinajstić information content (AvgIpc) is 3.42. The molecule has 0 aliphatic heterocycles. The van der Waals surface area contributed by atoms with Crippen LogP contribution in [0.5, 0.6) is 5.75 Å². The standard InChI is InChI=1S/C20H15N5O3S2/c1-28-14-7-5-6-13(12-14)21-18-17-16(10-11-29-17)25-19(22-18)20(23-24-25)30(26,27)15-8-3-2-4-9-15/h2-12H,1H3,(H,21,22). The minimum absolute atomic E-state index is 0.141. The van der Waals surface area contributed by atoms with E-state index in [0.29, 0.717) is 11.6 Å². The fourth-order valence-corrected chi connectivity index (χ4v) is 5.20. The zero-order valence-corrected chi connectivity index (χ0v) is 17.3. The minimum atomic E-state index is -3.88. The molecule has 3 heterocycles. The Morgan fingerprint density at radius 1 is 1.07 bits per heavy atom. The Morgan fingerprint density at radius 2 is 1.90 bits per heavy atom. The number of nitrogens with one attached hydrogen (secondary N) is 1. The first kappa shape index (κ1) is 18.5. The van der Waals surface area contributed by atoms with Crippen LogP contribution in [0, 0.1) is 0 Å². The van der Waals surface area contributed by atoms with Gasteiger partial charge in [0.05, 0.1) is 22.2 Å². The lowest BCUT2D eigenvalue weighted by atomic mass is 10.3. The Kier molecular flexibility index (Phi) is 4.37. The maximum atomic E-state index is 13.1. The van der Waals surface area contributed by atoms with E-state index < -0.39 is 9.84 Å². The van der Waals surface area contributed by atoms with Crippen molar-refractivity contribution in [1.29, 1.82) is 0 Å². The first-order chi connectivity index (χ1) is 14.6. The smallest absolute Gasteiger partial charge is 0.229 e. The summed E-state index contributed by atoms with van der Waals surface area (Å²) in [5.74, 6) is 1.22. The fraction of sp³-hybridized carbons (Fsp3) is 0.0500. The third-order valence-electron chi connectivity index (χ3n) is 4.56. The molecule has 0 aliphatic carbocycles. The molecule has 0 saturated heterocycles. The van der Waals surface area contributed by atoms with Crippen molar-refractivity contribution in [2.24, 2.45) is 0 Å². The molecule has 0 atom stereocenters. The summed E-state index contributed by atoms with van der Waals surface area (Å²) in [6, 6.07) is 17.4. The van der Waals surface area contributed by atoms with E-state index in [1.807, 2.05) is 35.7 Å². The van der Waals surface area contributed by atoms with Crippen molar-refractivity contribution in [2.75, 3.05) is 12.4 Å². The number of hydrogen-bond donors (Lipinski definition) is 1. The lowest BCUT2D eigenvalue weighted by molar-refractivity contribution is 0.415. The number of nitrogens with zero attached hydrogens (tertiary/aromatic N) is 4. The summed E-state index contributed by atoms with van der Waals surface area (Å²) >= 11 is 1.48. The van der Waals surface area contributed by atoms with Gasteiger partial charge >= 0.3 is 0 Å². The van der Waals surface area contributed by atoms with E-state index >= 15 is 0 Å². The van der Waals surface area contributed by atoms with E-state index in [-0.39, 0.29) is 15.6 Å². The third-order valence-corrected chi connectivity index (χ3v) is 7.14. The number of aromatic nitrogens is 4. The third kappa shape index (κ3) is 2.97. The molecule has 0 aliphatic rings. The van der Waals surface area contributed by atoms with Gasteiger partial charge < -0.3 is 10.1 Å². The summed E-state index contributed by atoms with van der Waals surface area (Å²) in [6.07, 6.45) is 0. The van der Waals surface area contributed by atoms with E-state index in [1.54, 1.807) is 25.3 Å². The van der Waals surface area contributed by atoms with E-state index in [4.69, 9.17) is 4.74 Å². The number of thiophene rings is 1. The van der Waals surface area contributed by atoms with Gasteiger partial charge in [0, 0.05) is 11.8 Å². The number of rotatable bonds is 5. The van der Waals surface area contributed by atoms with E-state index in [0.717, 1.165) is 15.9 Å². The molecule has 1 N–H and O–H groups in total. The Hall–Kier alpha value is -3.50. The van der Waals surface area contributed by atoms with Crippen LogP contribution in [-0.4, -0.2) is 35.3 Å². The van der Waals surface area contributed by atoms with Crippen LogP contribution in [0.15, 0.2) is 76.0 Å². The van der Waals surface area contributed by atoms with Gasteiger partial charge in [0.2, 0.25) is 14.9 Å². The summed E-state index contributed by atoms with van der Waals surface area (Å²) in [4.78, 5) is 4.74. The van der Waals surface area contributed by atoms with Crippen molar-refractivity contribution >= 4 is 48.5 Å². The van der Waals surface area contributed by atoms with Crippen LogP contribution in [0.4, 0.5) is 11.5 Å². The zero-order valence-electron chi connectivity index (χ0n) is 15.7. The summed E-state index contributed by atoms with van der Waals surface area (Å²) in [7, 11) is -2.28. The van der Waals surface area contributed by atoms with Gasteiger partial charge in [0.25, 0.3) is 0 Å². The van der Waals surface area contributed by atoms with Gasteiger partial charge in [0.1, 0.15) is 5.75 Å². The second kappa shape index (κ2) is 7.08. The molecule has 0 fully saturated rings. The molecule has 2 aromatic carbocycles. The van der Waals surface area contributed by atoms with Crippen molar-refractivity contribution in [3.05, 3.63) is 66.0 Å². The monoisotopic (exact) mass is 437 g/mol. The highest BCUT2D eigenvalue weighted by atomic mass is 32.2. The number of methoxy groups -OCH3 is 1. The molecule has 30 heavy (non-hydrogen) atoms. The average molecular weight is 438 g/mol. The number of hydrogen-bond acceptors (Lipinski definition) is 8. The molecule has 8 nitrogen and oxygen atoms in total. The highest BCUT2D eigenvalue weighted by Gasteiger charge is 2.27. The molecule has 0 amide bonds. The first-order valence-electron chi connectivity index (χ1n) is 8.92. The van der Waals surface area contributed by atoms with Crippen molar-refractivity contribution in [3.8, 4) is 5.75 Å². The van der Waals surface area contributed by atoms with E-state index in [1.165, 1.54) is 28.0 Å². The summed E-state index contributed by atoms with van der Waals surface area (Å²) in [6.45, 7) is 0. The number of ether oxygens (including phenoxy) is 1. The fourth-order valence-electron chi connectivity index (χ4n) is 3.13. The van der Waals surface area contributed by atoms with Crippen LogP contribution in [0.3, 0.4) is 0 Å². The van der Waals surface area contributed by atoms with Crippen LogP contribution >= 0.6 is 11.3 Å². The SMILES string of the molecule is COc1cccc(Nc2nc3c(S(=O)(=O)c4ccccc4)nnn3c3ccsc23)c1. The molecule has 0 bridgehead atoms. The van der Waals surface area contributed by atoms with Crippen molar-refractivity contribution in [1.82, 2.24) is 19.8 Å². The van der Waals surface area contributed by atoms with Crippen molar-refractivity contribution in [3.63, 3.8) is 0 Å². The van der Waals surface area contributed by atoms with Gasteiger partial charge in [-0.2, -0.15) is 4.52 Å². The lowest BCUT2D eigenvalue weighted by Gasteiger charge is -2.09. The molecule has 0 radical (unpaired) electrons. The van der Waals surface area contributed by atoms with Crippen LogP contribution in [0.1, 0.15) is 0 Å². The maximum absolute atomic E-state index is 13.1. The van der Waals surface area contributed by atoms with Gasteiger partial charge in [-0.05, 0) is 35.7 Å². The zero-order chi connectivity index (χ0) is 20.7. The molecule has 0 spiro atoms. The summed E-state index contributed by atoms with van der Waals surface area (Å²) in [5, 5.41) is 13.0. The van der Waals surface area contributed by atoms with Gasteiger partial charge in [-0.3, -0.25) is 0 Å². The highest BCUT2D eigenvalue weighted by molar-refractivity contribution is 7.91. The number of fused-ring (bicyclic) bond motifs is 3. The predicted molar refractivity (Wildman–Crippen MR) is 114 cm³/mol. The quantitative estimate of drug-likeness (QED) is 0.445. The Balaban J connectivity index is 1.70. The van der Waals surface area contributed by atoms with Crippen LogP contribution < -0.4 is 10.1 Å². The number of anilines is 2. The molecule has 10 heteroatoms. The molecular weight excluding hydrogens is 422 g/mol. The molecule has 3 aromatic heterocycles. The largest absolute Gasteiger partial charge is 0.497 e. The van der Waals surface area contributed by atoms with Crippen LogP contribution in [-0.2, 0) is 9.84 Å². The van der Waals surface area contributed by atoms with E-state index in [9.17, 15) is 8.42 Å². The topological polar surface area (TPSA) is 98.5 Å². The minimum Gasteiger partial charge on any atom is -0.497 e. The normalized spacial score (nSPS) is 11.8. The van der Waals surface area contributed by atoms with Crippen LogP contribution in [0.25, 0.3) is 15.9 Å². The molecule has 0 saturated carbocycles. The second-order valence-electron chi connectivity index (χ2n) is 6.40. The molecule has 0 unspecified atom stereocenters. The van der Waals surface area contributed by atoms with Crippen molar-refractivity contribution < 1.29 is 13.2 Å². The molecule has 5 rings (SSSR count).